The molecule has 0 saturated heterocycles. The van der Waals surface area contributed by atoms with Crippen LogP contribution in [0.4, 0.5) is 10.2 Å². The lowest BCUT2D eigenvalue weighted by Crippen LogP contribution is -2.24. The van der Waals surface area contributed by atoms with Crippen LogP contribution in [0.1, 0.15) is 12.0 Å². The first-order valence-corrected chi connectivity index (χ1v) is 7.79. The van der Waals surface area contributed by atoms with Crippen LogP contribution in [0, 0.1) is 5.82 Å². The van der Waals surface area contributed by atoms with Gasteiger partial charge in [-0.3, -0.25) is 0 Å². The first-order valence-electron chi connectivity index (χ1n) is 6.62. The summed E-state index contributed by atoms with van der Waals surface area (Å²) in [5.41, 5.74) is 0.592. The average Bonchev–Trinajstić information content (AvgIpc) is 2.64. The molecule has 110 valence electrons. The van der Waals surface area contributed by atoms with Crippen LogP contribution in [0.5, 0.6) is 5.75 Å². The molecule has 0 spiro atoms. The van der Waals surface area contributed by atoms with E-state index < -0.39 is 0 Å². The van der Waals surface area contributed by atoms with Gasteiger partial charge in [0.2, 0.25) is 0 Å². The molecule has 0 radical (unpaired) electrons. The molecule has 0 unspecified atom stereocenters. The van der Waals surface area contributed by atoms with Crippen LogP contribution in [0.25, 0.3) is 0 Å². The van der Waals surface area contributed by atoms with Gasteiger partial charge in [0.15, 0.2) is 11.6 Å². The highest BCUT2D eigenvalue weighted by Crippen LogP contribution is 2.32. The third kappa shape index (κ3) is 3.30. The number of rotatable bonds is 2. The number of aromatic nitrogens is 1. The maximum Gasteiger partial charge on any atom is 0.172 e. The maximum absolute atomic E-state index is 14.0. The van der Waals surface area contributed by atoms with Crippen molar-refractivity contribution in [3.05, 3.63) is 51.3 Å². The fourth-order valence-electron chi connectivity index (χ4n) is 2.30. The average molecular weight is 372 g/mol. The number of fused-ring (bicyclic) bond motifs is 1. The van der Waals surface area contributed by atoms with Crippen molar-refractivity contribution in [2.24, 2.45) is 0 Å². The highest BCUT2D eigenvalue weighted by molar-refractivity contribution is 9.10. The maximum atomic E-state index is 14.0. The molecule has 0 saturated carbocycles. The van der Waals surface area contributed by atoms with E-state index in [1.165, 1.54) is 6.07 Å². The molecule has 1 aromatic carbocycles. The van der Waals surface area contributed by atoms with Crippen molar-refractivity contribution in [2.75, 3.05) is 18.1 Å². The Hall–Kier alpha value is -1.33. The van der Waals surface area contributed by atoms with Gasteiger partial charge in [0.25, 0.3) is 0 Å². The van der Waals surface area contributed by atoms with Crippen LogP contribution in [0.2, 0.25) is 5.02 Å². The molecular formula is C15H13BrClFN2O. The molecule has 0 aliphatic carbocycles. The molecule has 6 heteroatoms. The monoisotopic (exact) mass is 370 g/mol. The number of hydrogen-bond donors (Lipinski definition) is 0. The predicted molar refractivity (Wildman–Crippen MR) is 84.5 cm³/mol. The molecule has 1 aromatic heterocycles. The molecular weight excluding hydrogens is 359 g/mol. The largest absolute Gasteiger partial charge is 0.490 e. The van der Waals surface area contributed by atoms with E-state index in [-0.39, 0.29) is 5.82 Å². The fraction of sp³-hybridized carbons (Fsp3) is 0.267. The molecule has 0 fully saturated rings. The fourth-order valence-corrected chi connectivity index (χ4v) is 2.76. The smallest absolute Gasteiger partial charge is 0.172 e. The van der Waals surface area contributed by atoms with Crippen LogP contribution in [-0.2, 0) is 6.54 Å². The number of pyridine rings is 1. The van der Waals surface area contributed by atoms with Crippen molar-refractivity contribution in [1.29, 1.82) is 0 Å². The molecule has 2 heterocycles. The third-order valence-electron chi connectivity index (χ3n) is 3.31. The number of ether oxygens (including phenoxy) is 1. The van der Waals surface area contributed by atoms with Gasteiger partial charge >= 0.3 is 0 Å². The van der Waals surface area contributed by atoms with Gasteiger partial charge in [-0.1, -0.05) is 17.7 Å². The number of halogens is 3. The summed E-state index contributed by atoms with van der Waals surface area (Å²) in [7, 11) is 0. The van der Waals surface area contributed by atoms with E-state index in [2.05, 4.69) is 20.9 Å². The quantitative estimate of drug-likeness (QED) is 0.731. The van der Waals surface area contributed by atoms with Gasteiger partial charge in [0.1, 0.15) is 10.4 Å². The normalized spacial score (nSPS) is 14.3. The van der Waals surface area contributed by atoms with Crippen molar-refractivity contribution in [1.82, 2.24) is 4.98 Å². The van der Waals surface area contributed by atoms with Crippen molar-refractivity contribution in [2.45, 2.75) is 13.0 Å². The zero-order valence-corrected chi connectivity index (χ0v) is 13.5. The molecule has 3 rings (SSSR count). The van der Waals surface area contributed by atoms with Gasteiger partial charge in [0, 0.05) is 23.7 Å². The second-order valence-electron chi connectivity index (χ2n) is 4.82. The molecule has 21 heavy (non-hydrogen) atoms. The summed E-state index contributed by atoms with van der Waals surface area (Å²) in [6.45, 7) is 1.83. The van der Waals surface area contributed by atoms with Crippen LogP contribution < -0.4 is 9.64 Å². The summed E-state index contributed by atoms with van der Waals surface area (Å²) in [6, 6.07) is 8.46. The van der Waals surface area contributed by atoms with Gasteiger partial charge in [-0.25, -0.2) is 9.37 Å². The molecule has 0 N–H and O–H groups in total. The van der Waals surface area contributed by atoms with E-state index in [1.54, 1.807) is 12.1 Å². The zero-order chi connectivity index (χ0) is 14.8. The van der Waals surface area contributed by atoms with Gasteiger partial charge in [-0.15, -0.1) is 0 Å². The lowest BCUT2D eigenvalue weighted by molar-refractivity contribution is 0.321. The minimum Gasteiger partial charge on any atom is -0.490 e. The van der Waals surface area contributed by atoms with E-state index in [0.29, 0.717) is 23.7 Å². The van der Waals surface area contributed by atoms with Crippen LogP contribution in [0.3, 0.4) is 0 Å². The van der Waals surface area contributed by atoms with Gasteiger partial charge < -0.3 is 9.64 Å². The van der Waals surface area contributed by atoms with E-state index in [4.69, 9.17) is 16.3 Å². The number of anilines is 1. The first kappa shape index (κ1) is 14.6. The Morgan fingerprint density at radius 3 is 3.00 bits per heavy atom. The summed E-state index contributed by atoms with van der Waals surface area (Å²) >= 11 is 9.16. The zero-order valence-electron chi connectivity index (χ0n) is 11.2. The Morgan fingerprint density at radius 2 is 2.19 bits per heavy atom. The van der Waals surface area contributed by atoms with Crippen molar-refractivity contribution in [3.63, 3.8) is 0 Å². The minimum absolute atomic E-state index is 0.302. The minimum atomic E-state index is -0.302. The first-order chi connectivity index (χ1) is 10.1. The third-order valence-corrected chi connectivity index (χ3v) is 3.99. The summed E-state index contributed by atoms with van der Waals surface area (Å²) in [5, 5.41) is 0.400. The predicted octanol–water partition coefficient (Wildman–Crippen LogP) is 4.43. The van der Waals surface area contributed by atoms with Crippen molar-refractivity contribution < 1.29 is 9.13 Å². The Bertz CT molecular complexity index is 668. The van der Waals surface area contributed by atoms with E-state index >= 15 is 0 Å². The SMILES string of the molecule is Fc1cc(Cl)ccc1CN1CCCOc2ccc(Br)nc21. The topological polar surface area (TPSA) is 25.4 Å². The highest BCUT2D eigenvalue weighted by atomic mass is 79.9. The highest BCUT2D eigenvalue weighted by Gasteiger charge is 2.19. The number of nitrogens with zero attached hydrogens (tertiary/aromatic N) is 2. The molecule has 0 bridgehead atoms. The van der Waals surface area contributed by atoms with E-state index in [9.17, 15) is 4.39 Å². The summed E-state index contributed by atoms with van der Waals surface area (Å²) in [6.07, 6.45) is 0.864. The standard InChI is InChI=1S/C15H13BrClFN2O/c16-14-5-4-13-15(19-14)20(6-1-7-21-13)9-10-2-3-11(17)8-12(10)18/h2-5,8H,1,6-7,9H2. The van der Waals surface area contributed by atoms with Gasteiger partial charge in [0.05, 0.1) is 6.61 Å². The van der Waals surface area contributed by atoms with Crippen LogP contribution >= 0.6 is 27.5 Å². The summed E-state index contributed by atoms with van der Waals surface area (Å²) < 4.78 is 20.4. The molecule has 0 atom stereocenters. The Balaban J connectivity index is 1.93. The second-order valence-corrected chi connectivity index (χ2v) is 6.06. The Kier molecular flexibility index (Phi) is 4.31. The molecule has 1 aliphatic heterocycles. The Labute approximate surface area is 135 Å². The van der Waals surface area contributed by atoms with E-state index in [0.717, 1.165) is 29.1 Å². The lowest BCUT2D eigenvalue weighted by atomic mass is 10.2. The molecule has 2 aromatic rings. The van der Waals surface area contributed by atoms with Crippen LogP contribution in [0.15, 0.2) is 34.9 Å². The summed E-state index contributed by atoms with van der Waals surface area (Å²) in [4.78, 5) is 6.49. The Morgan fingerprint density at radius 1 is 1.33 bits per heavy atom. The second kappa shape index (κ2) is 6.20. The van der Waals surface area contributed by atoms with Crippen LogP contribution in [-0.4, -0.2) is 18.1 Å². The number of benzene rings is 1. The van der Waals surface area contributed by atoms with E-state index in [1.807, 2.05) is 17.0 Å². The summed E-state index contributed by atoms with van der Waals surface area (Å²) in [5.74, 6) is 1.16. The van der Waals surface area contributed by atoms with Gasteiger partial charge in [-0.2, -0.15) is 0 Å². The van der Waals surface area contributed by atoms with Crippen molar-refractivity contribution >= 4 is 33.3 Å². The lowest BCUT2D eigenvalue weighted by Gasteiger charge is -2.23. The molecule has 3 nitrogen and oxygen atoms in total. The molecule has 1 aliphatic rings. The molecule has 0 amide bonds. The number of hydrogen-bond acceptors (Lipinski definition) is 3. The van der Waals surface area contributed by atoms with Gasteiger partial charge in [-0.05, 0) is 46.6 Å². The van der Waals surface area contributed by atoms with Crippen molar-refractivity contribution in [3.8, 4) is 5.75 Å².